The lowest BCUT2D eigenvalue weighted by Crippen LogP contribution is -2.35. The summed E-state index contributed by atoms with van der Waals surface area (Å²) < 4.78 is 16.3. The predicted molar refractivity (Wildman–Crippen MR) is 120 cm³/mol. The van der Waals surface area contributed by atoms with Gasteiger partial charge in [0.05, 0.1) is 20.3 Å². The van der Waals surface area contributed by atoms with Crippen LogP contribution in [0.4, 0.5) is 4.79 Å². The van der Waals surface area contributed by atoms with Crippen molar-refractivity contribution >= 4 is 12.1 Å². The Hall–Kier alpha value is -4.00. The molecule has 0 spiro atoms. The quantitative estimate of drug-likeness (QED) is 0.570. The minimum atomic E-state index is -1.32. The van der Waals surface area contributed by atoms with Gasteiger partial charge in [-0.1, -0.05) is 60.7 Å². The second kappa shape index (κ2) is 9.65. The van der Waals surface area contributed by atoms with Gasteiger partial charge in [0, 0.05) is 23.9 Å². The predicted octanol–water partition coefficient (Wildman–Crippen LogP) is 3.42. The molecule has 0 heterocycles. The second-order valence-corrected chi connectivity index (χ2v) is 7.68. The third-order valence-electron chi connectivity index (χ3n) is 5.82. The Morgan fingerprint density at radius 2 is 1.55 bits per heavy atom. The average Bonchev–Trinajstić information content (AvgIpc) is 3.15. The first-order valence-corrected chi connectivity index (χ1v) is 10.6. The Morgan fingerprint density at radius 3 is 2.12 bits per heavy atom. The van der Waals surface area contributed by atoms with E-state index in [1.54, 1.807) is 18.2 Å². The third-order valence-corrected chi connectivity index (χ3v) is 5.82. The van der Waals surface area contributed by atoms with Crippen LogP contribution in [0.3, 0.4) is 0 Å². The van der Waals surface area contributed by atoms with E-state index < -0.39 is 24.5 Å². The van der Waals surface area contributed by atoms with Crippen molar-refractivity contribution in [3.05, 3.63) is 83.4 Å². The summed E-state index contributed by atoms with van der Waals surface area (Å²) in [5, 5.41) is 14.0. The maximum Gasteiger partial charge on any atom is 0.407 e. The SMILES string of the molecule is COc1cccc([C@H](CC(=O)[O-])NC(=O)OCC2c3ccccc3-c3ccccc32)c1OC. The van der Waals surface area contributed by atoms with Crippen LogP contribution in [0.5, 0.6) is 11.5 Å². The van der Waals surface area contributed by atoms with Gasteiger partial charge in [0.15, 0.2) is 11.5 Å². The summed E-state index contributed by atoms with van der Waals surface area (Å²) in [6.07, 6.45) is -1.18. The van der Waals surface area contributed by atoms with E-state index in [4.69, 9.17) is 14.2 Å². The van der Waals surface area contributed by atoms with Crippen molar-refractivity contribution in [1.29, 1.82) is 0 Å². The van der Waals surface area contributed by atoms with Crippen molar-refractivity contribution in [2.75, 3.05) is 20.8 Å². The highest BCUT2D eigenvalue weighted by molar-refractivity contribution is 5.79. The van der Waals surface area contributed by atoms with Crippen molar-refractivity contribution in [1.82, 2.24) is 5.32 Å². The maximum absolute atomic E-state index is 12.7. The fraction of sp³-hybridized carbons (Fsp3) is 0.231. The highest BCUT2D eigenvalue weighted by Crippen LogP contribution is 2.44. The molecule has 1 aliphatic carbocycles. The number of carbonyl (C=O) groups is 2. The van der Waals surface area contributed by atoms with Crippen molar-refractivity contribution in [3.8, 4) is 22.6 Å². The normalized spacial score (nSPS) is 12.9. The standard InChI is InChI=1S/C26H25NO6/c1-31-23-13-7-12-20(25(23)32-2)22(14-24(28)29)27-26(30)33-15-21-18-10-5-3-8-16(18)17-9-4-6-11-19(17)21/h3-13,21-22H,14-15H2,1-2H3,(H,27,30)(H,28,29)/p-1/t22-/m0/s1. The number of aliphatic carboxylic acids is 1. The number of benzene rings is 3. The van der Waals surface area contributed by atoms with E-state index in [2.05, 4.69) is 17.4 Å². The molecule has 7 nitrogen and oxygen atoms in total. The molecule has 1 aliphatic rings. The summed E-state index contributed by atoms with van der Waals surface area (Å²) in [5.41, 5.74) is 4.88. The monoisotopic (exact) mass is 446 g/mol. The molecule has 7 heteroatoms. The van der Waals surface area contributed by atoms with E-state index in [1.807, 2.05) is 36.4 Å². The first kappa shape index (κ1) is 22.2. The van der Waals surface area contributed by atoms with Crippen molar-refractivity contribution in [2.24, 2.45) is 0 Å². The Labute approximate surface area is 191 Å². The molecule has 0 saturated heterocycles. The molecule has 0 fully saturated rings. The highest BCUT2D eigenvalue weighted by Gasteiger charge is 2.29. The van der Waals surface area contributed by atoms with Crippen LogP contribution < -0.4 is 19.9 Å². The Morgan fingerprint density at radius 1 is 0.909 bits per heavy atom. The van der Waals surface area contributed by atoms with Crippen LogP contribution in [-0.4, -0.2) is 32.9 Å². The van der Waals surface area contributed by atoms with Crippen LogP contribution in [0.1, 0.15) is 35.1 Å². The second-order valence-electron chi connectivity index (χ2n) is 7.68. The van der Waals surface area contributed by atoms with Crippen LogP contribution in [0.15, 0.2) is 66.7 Å². The van der Waals surface area contributed by atoms with Crippen molar-refractivity contribution in [2.45, 2.75) is 18.4 Å². The zero-order valence-corrected chi connectivity index (χ0v) is 18.4. The van der Waals surface area contributed by atoms with Gasteiger partial charge in [-0.15, -0.1) is 0 Å². The van der Waals surface area contributed by atoms with Gasteiger partial charge in [-0.05, 0) is 28.3 Å². The molecule has 33 heavy (non-hydrogen) atoms. The number of carboxylic acid groups (broad SMARTS) is 1. The number of hydrogen-bond acceptors (Lipinski definition) is 6. The zero-order valence-electron chi connectivity index (χ0n) is 18.4. The molecule has 0 bridgehead atoms. The molecule has 0 unspecified atom stereocenters. The number of nitrogens with one attached hydrogen (secondary N) is 1. The maximum atomic E-state index is 12.7. The molecule has 0 aliphatic heterocycles. The van der Waals surface area contributed by atoms with Gasteiger partial charge in [0.25, 0.3) is 0 Å². The fourth-order valence-electron chi connectivity index (χ4n) is 4.37. The summed E-state index contributed by atoms with van der Waals surface area (Å²) in [6, 6.07) is 20.2. The van der Waals surface area contributed by atoms with E-state index in [1.165, 1.54) is 14.2 Å². The molecule has 0 radical (unpaired) electrons. The minimum absolute atomic E-state index is 0.103. The third kappa shape index (κ3) is 4.48. The number of amides is 1. The molecule has 170 valence electrons. The molecule has 3 aromatic rings. The summed E-state index contributed by atoms with van der Waals surface area (Å²) in [5.74, 6) is -0.657. The number of fused-ring (bicyclic) bond motifs is 3. The fourth-order valence-corrected chi connectivity index (χ4v) is 4.37. The van der Waals surface area contributed by atoms with Gasteiger partial charge in [-0.25, -0.2) is 4.79 Å². The first-order valence-electron chi connectivity index (χ1n) is 10.6. The smallest absolute Gasteiger partial charge is 0.407 e. The molecule has 3 aromatic carbocycles. The summed E-state index contributed by atoms with van der Waals surface area (Å²) in [7, 11) is 2.93. The lowest BCUT2D eigenvalue weighted by molar-refractivity contribution is -0.306. The number of methoxy groups -OCH3 is 2. The highest BCUT2D eigenvalue weighted by atomic mass is 16.5. The van der Waals surface area contributed by atoms with E-state index in [9.17, 15) is 14.7 Å². The number of ether oxygens (including phenoxy) is 3. The van der Waals surface area contributed by atoms with Gasteiger partial charge in [0.1, 0.15) is 6.61 Å². The topological polar surface area (TPSA) is 96.9 Å². The van der Waals surface area contributed by atoms with Gasteiger partial charge in [0.2, 0.25) is 0 Å². The van der Waals surface area contributed by atoms with E-state index >= 15 is 0 Å². The molecule has 1 atom stereocenters. The Balaban J connectivity index is 1.52. The average molecular weight is 446 g/mol. The molecular formula is C26H24NO6-. The number of alkyl carbamates (subject to hydrolysis) is 1. The van der Waals surface area contributed by atoms with Gasteiger partial charge in [-0.3, -0.25) is 0 Å². The van der Waals surface area contributed by atoms with Crippen LogP contribution in [-0.2, 0) is 9.53 Å². The number of hydrogen-bond donors (Lipinski definition) is 1. The summed E-state index contributed by atoms with van der Waals surface area (Å²) in [4.78, 5) is 24.1. The van der Waals surface area contributed by atoms with Crippen molar-refractivity contribution < 1.29 is 28.9 Å². The molecule has 1 amide bonds. The Bertz CT molecular complexity index is 1130. The molecule has 1 N–H and O–H groups in total. The van der Waals surface area contributed by atoms with E-state index in [-0.39, 0.29) is 12.5 Å². The summed E-state index contributed by atoms with van der Waals surface area (Å²) in [6.45, 7) is 0.118. The number of para-hydroxylation sites is 1. The van der Waals surface area contributed by atoms with Crippen LogP contribution in [0.2, 0.25) is 0 Å². The lowest BCUT2D eigenvalue weighted by Gasteiger charge is -2.23. The molecule has 4 rings (SSSR count). The molecule has 0 saturated carbocycles. The first-order chi connectivity index (χ1) is 16.0. The van der Waals surface area contributed by atoms with Crippen LogP contribution >= 0.6 is 0 Å². The van der Waals surface area contributed by atoms with Crippen LogP contribution in [0, 0.1) is 0 Å². The number of rotatable bonds is 8. The van der Waals surface area contributed by atoms with E-state index in [0.717, 1.165) is 22.3 Å². The lowest BCUT2D eigenvalue weighted by atomic mass is 9.98. The largest absolute Gasteiger partial charge is 0.550 e. The van der Waals surface area contributed by atoms with Gasteiger partial charge >= 0.3 is 6.09 Å². The van der Waals surface area contributed by atoms with Gasteiger partial charge in [-0.2, -0.15) is 0 Å². The number of carbonyl (C=O) groups excluding carboxylic acids is 2. The number of carboxylic acids is 1. The zero-order chi connectivity index (χ0) is 23.4. The summed E-state index contributed by atoms with van der Waals surface area (Å²) >= 11 is 0. The van der Waals surface area contributed by atoms with Gasteiger partial charge < -0.3 is 29.4 Å². The van der Waals surface area contributed by atoms with E-state index in [0.29, 0.717) is 17.1 Å². The van der Waals surface area contributed by atoms with Crippen LogP contribution in [0.25, 0.3) is 11.1 Å². The molecular weight excluding hydrogens is 422 g/mol. The van der Waals surface area contributed by atoms with Crippen molar-refractivity contribution in [3.63, 3.8) is 0 Å². The molecule has 0 aromatic heterocycles. The minimum Gasteiger partial charge on any atom is -0.550 e. The Kier molecular flexibility index (Phi) is 6.49.